The van der Waals surface area contributed by atoms with Crippen LogP contribution in [0.3, 0.4) is 0 Å². The van der Waals surface area contributed by atoms with Crippen LogP contribution >= 0.6 is 0 Å². The molecule has 1 aromatic carbocycles. The van der Waals surface area contributed by atoms with E-state index in [0.29, 0.717) is 6.42 Å². The minimum absolute atomic E-state index is 0.148. The van der Waals surface area contributed by atoms with Gasteiger partial charge >= 0.3 is 5.97 Å². The van der Waals surface area contributed by atoms with Gasteiger partial charge in [0.05, 0.1) is 28.1 Å². The average molecular weight is 254 g/mol. The number of nitro benzene ring substituents is 2. The zero-order valence-corrected chi connectivity index (χ0v) is 9.49. The number of carbonyl (C=O) groups is 1. The van der Waals surface area contributed by atoms with Crippen molar-refractivity contribution >= 4 is 17.3 Å². The van der Waals surface area contributed by atoms with E-state index in [1.54, 1.807) is 6.92 Å². The second-order valence-electron chi connectivity index (χ2n) is 3.39. The number of nitrogens with zero attached hydrogens (tertiary/aromatic N) is 2. The van der Waals surface area contributed by atoms with E-state index in [1.807, 2.05) is 0 Å². The van der Waals surface area contributed by atoms with Gasteiger partial charge in [0.15, 0.2) is 0 Å². The average Bonchev–Trinajstić information content (AvgIpc) is 2.35. The van der Waals surface area contributed by atoms with Crippen LogP contribution < -0.4 is 0 Å². The van der Waals surface area contributed by atoms with Crippen molar-refractivity contribution in [3.63, 3.8) is 0 Å². The highest BCUT2D eigenvalue weighted by Crippen LogP contribution is 2.23. The third-order valence-corrected chi connectivity index (χ3v) is 2.00. The van der Waals surface area contributed by atoms with Gasteiger partial charge in [-0.3, -0.25) is 20.2 Å². The topological polar surface area (TPSA) is 113 Å². The Labute approximate surface area is 101 Å². The number of ether oxygens (including phenoxy) is 1. The fraction of sp³-hybridized carbons (Fsp3) is 0.300. The molecule has 0 N–H and O–H groups in total. The maximum Gasteiger partial charge on any atom is 0.338 e. The van der Waals surface area contributed by atoms with Crippen LogP contribution in [-0.2, 0) is 4.74 Å². The minimum Gasteiger partial charge on any atom is -0.462 e. The quantitative estimate of drug-likeness (QED) is 0.451. The molecule has 0 heterocycles. The van der Waals surface area contributed by atoms with Crippen molar-refractivity contribution in [3.8, 4) is 0 Å². The van der Waals surface area contributed by atoms with E-state index in [0.717, 1.165) is 18.2 Å². The first kappa shape index (κ1) is 13.6. The lowest BCUT2D eigenvalue weighted by molar-refractivity contribution is -0.394. The zero-order chi connectivity index (χ0) is 13.7. The number of nitro groups is 2. The van der Waals surface area contributed by atoms with Crippen LogP contribution in [0.25, 0.3) is 0 Å². The molecular weight excluding hydrogens is 244 g/mol. The van der Waals surface area contributed by atoms with Gasteiger partial charge in [-0.1, -0.05) is 6.92 Å². The van der Waals surface area contributed by atoms with Gasteiger partial charge in [0.1, 0.15) is 0 Å². The molecule has 8 heteroatoms. The molecule has 0 saturated carbocycles. The molecule has 0 fully saturated rings. The van der Waals surface area contributed by atoms with Crippen LogP contribution in [0.2, 0.25) is 0 Å². The molecule has 96 valence electrons. The molecule has 0 aliphatic heterocycles. The van der Waals surface area contributed by atoms with Crippen molar-refractivity contribution in [2.24, 2.45) is 0 Å². The van der Waals surface area contributed by atoms with Crippen LogP contribution in [0.1, 0.15) is 23.7 Å². The zero-order valence-electron chi connectivity index (χ0n) is 9.49. The van der Waals surface area contributed by atoms with Crippen LogP contribution in [0.5, 0.6) is 0 Å². The summed E-state index contributed by atoms with van der Waals surface area (Å²) in [5, 5.41) is 21.2. The Kier molecular flexibility index (Phi) is 4.30. The first-order valence-electron chi connectivity index (χ1n) is 5.06. The molecule has 0 saturated heterocycles. The van der Waals surface area contributed by atoms with Crippen molar-refractivity contribution in [3.05, 3.63) is 44.0 Å². The third kappa shape index (κ3) is 3.24. The molecule has 0 aliphatic rings. The minimum atomic E-state index is -0.816. The third-order valence-electron chi connectivity index (χ3n) is 2.00. The smallest absolute Gasteiger partial charge is 0.338 e. The molecule has 0 aromatic heterocycles. The van der Waals surface area contributed by atoms with Gasteiger partial charge in [0.2, 0.25) is 0 Å². The van der Waals surface area contributed by atoms with Crippen molar-refractivity contribution < 1.29 is 19.4 Å². The largest absolute Gasteiger partial charge is 0.462 e. The highest BCUT2D eigenvalue weighted by Gasteiger charge is 2.20. The highest BCUT2D eigenvalue weighted by atomic mass is 16.6. The number of hydrogen-bond acceptors (Lipinski definition) is 6. The molecule has 0 aliphatic carbocycles. The second-order valence-corrected chi connectivity index (χ2v) is 3.39. The molecule has 1 rings (SSSR count). The lowest BCUT2D eigenvalue weighted by Crippen LogP contribution is -2.07. The molecule has 0 bridgehead atoms. The van der Waals surface area contributed by atoms with Gasteiger partial charge in [-0.2, -0.15) is 0 Å². The van der Waals surface area contributed by atoms with Crippen molar-refractivity contribution in [2.75, 3.05) is 6.61 Å². The monoisotopic (exact) mass is 254 g/mol. The Hall–Kier alpha value is -2.51. The number of hydrogen-bond donors (Lipinski definition) is 0. The summed E-state index contributed by atoms with van der Waals surface area (Å²) in [6, 6.07) is 2.69. The van der Waals surface area contributed by atoms with Crippen molar-refractivity contribution in [1.82, 2.24) is 0 Å². The summed E-state index contributed by atoms with van der Waals surface area (Å²) in [5.41, 5.74) is -1.25. The number of carbonyl (C=O) groups excluding carboxylic acids is 1. The van der Waals surface area contributed by atoms with Gasteiger partial charge < -0.3 is 4.74 Å². The van der Waals surface area contributed by atoms with Gasteiger partial charge in [-0.25, -0.2) is 4.79 Å². The van der Waals surface area contributed by atoms with Crippen LogP contribution in [0, 0.1) is 20.2 Å². The lowest BCUT2D eigenvalue weighted by Gasteiger charge is -2.02. The maximum atomic E-state index is 11.5. The fourth-order valence-electron chi connectivity index (χ4n) is 1.20. The summed E-state index contributed by atoms with van der Waals surface area (Å²) in [4.78, 5) is 31.1. The summed E-state index contributed by atoms with van der Waals surface area (Å²) in [7, 11) is 0. The SMILES string of the molecule is CCCOC(=O)c1cc([N+](=O)[O-])cc([N+](=O)[O-])c1. The van der Waals surface area contributed by atoms with Gasteiger partial charge in [0.25, 0.3) is 11.4 Å². The molecule has 1 aromatic rings. The van der Waals surface area contributed by atoms with Gasteiger partial charge in [0, 0.05) is 12.1 Å². The van der Waals surface area contributed by atoms with Gasteiger partial charge in [-0.15, -0.1) is 0 Å². The molecule has 0 unspecified atom stereocenters. The first-order chi connectivity index (χ1) is 8.45. The fourth-order valence-corrected chi connectivity index (χ4v) is 1.20. The summed E-state index contributed by atoms with van der Waals surface area (Å²) in [5.74, 6) is -0.816. The molecular formula is C10H10N2O6. The van der Waals surface area contributed by atoms with E-state index in [2.05, 4.69) is 0 Å². The van der Waals surface area contributed by atoms with E-state index in [9.17, 15) is 25.0 Å². The molecule has 0 spiro atoms. The van der Waals surface area contributed by atoms with E-state index in [1.165, 1.54) is 0 Å². The van der Waals surface area contributed by atoms with Crippen LogP contribution in [-0.4, -0.2) is 22.4 Å². The molecule has 0 radical (unpaired) electrons. The lowest BCUT2D eigenvalue weighted by atomic mass is 10.2. The maximum absolute atomic E-state index is 11.5. The highest BCUT2D eigenvalue weighted by molar-refractivity contribution is 5.91. The van der Waals surface area contributed by atoms with E-state index in [-0.39, 0.29) is 12.2 Å². The molecule has 8 nitrogen and oxygen atoms in total. The summed E-state index contributed by atoms with van der Waals surface area (Å²) < 4.78 is 4.76. The Bertz CT molecular complexity index is 467. The number of esters is 1. The van der Waals surface area contributed by atoms with E-state index < -0.39 is 27.2 Å². The number of benzene rings is 1. The normalized spacial score (nSPS) is 9.83. The van der Waals surface area contributed by atoms with Gasteiger partial charge in [-0.05, 0) is 6.42 Å². The Balaban J connectivity index is 3.14. The molecule has 18 heavy (non-hydrogen) atoms. The summed E-state index contributed by atoms with van der Waals surface area (Å²) in [6.07, 6.45) is 0.586. The van der Waals surface area contributed by atoms with Crippen molar-refractivity contribution in [2.45, 2.75) is 13.3 Å². The van der Waals surface area contributed by atoms with Crippen molar-refractivity contribution in [1.29, 1.82) is 0 Å². The standard InChI is InChI=1S/C10H10N2O6/c1-2-3-18-10(13)7-4-8(11(14)15)6-9(5-7)12(16)17/h4-6H,2-3H2,1H3. The Morgan fingerprint density at radius 2 is 1.67 bits per heavy atom. The number of non-ortho nitro benzene ring substituents is 2. The van der Waals surface area contributed by atoms with E-state index in [4.69, 9.17) is 4.74 Å². The van der Waals surface area contributed by atoms with Crippen LogP contribution in [0.4, 0.5) is 11.4 Å². The second kappa shape index (κ2) is 5.71. The molecule has 0 atom stereocenters. The Morgan fingerprint density at radius 3 is 2.06 bits per heavy atom. The summed E-state index contributed by atoms with van der Waals surface area (Å²) >= 11 is 0. The first-order valence-corrected chi connectivity index (χ1v) is 5.06. The number of rotatable bonds is 5. The van der Waals surface area contributed by atoms with E-state index >= 15 is 0 Å². The predicted molar refractivity (Wildman–Crippen MR) is 60.3 cm³/mol. The molecule has 0 amide bonds. The summed E-state index contributed by atoms with van der Waals surface area (Å²) in [6.45, 7) is 1.93. The van der Waals surface area contributed by atoms with Crippen LogP contribution in [0.15, 0.2) is 18.2 Å². The Morgan fingerprint density at radius 1 is 1.17 bits per heavy atom. The predicted octanol–water partition coefficient (Wildman–Crippen LogP) is 2.07.